The number of rotatable bonds is 1. The summed E-state index contributed by atoms with van der Waals surface area (Å²) in [4.78, 5) is 13.5. The number of β-amino-alcohol motifs (C(OH)–C–C–N with tert-alkyl or cyclic N) is 1. The first-order valence-electron chi connectivity index (χ1n) is 8.33. The van der Waals surface area contributed by atoms with Crippen LogP contribution in [0.25, 0.3) is 0 Å². The molecule has 2 aliphatic rings. The largest absolute Gasteiger partial charge is 0.444 e. The van der Waals surface area contributed by atoms with E-state index < -0.39 is 22.7 Å². The highest BCUT2D eigenvalue weighted by molar-refractivity contribution is 5.70. The molecule has 2 fully saturated rings. The molecule has 1 amide bonds. The Morgan fingerprint density at radius 2 is 1.64 bits per heavy atom. The van der Waals surface area contributed by atoms with Gasteiger partial charge in [0.25, 0.3) is 0 Å². The Hall–Kier alpha value is -1.28. The highest BCUT2D eigenvalue weighted by Gasteiger charge is 2.58. The first kappa shape index (κ1) is 17.1. The molecular weight excluding hydrogens is 280 g/mol. The molecule has 0 bridgehead atoms. The number of aliphatic hydroxyl groups is 1. The van der Waals surface area contributed by atoms with Crippen LogP contribution in [0.4, 0.5) is 4.79 Å². The van der Waals surface area contributed by atoms with Gasteiger partial charge in [-0.2, -0.15) is 5.26 Å². The number of hydrogen-bond donors (Lipinski definition) is 1. The maximum atomic E-state index is 12.0. The van der Waals surface area contributed by atoms with Gasteiger partial charge < -0.3 is 14.7 Å². The van der Waals surface area contributed by atoms with Gasteiger partial charge in [0.15, 0.2) is 0 Å². The maximum Gasteiger partial charge on any atom is 0.410 e. The highest BCUT2D eigenvalue weighted by Crippen LogP contribution is 2.47. The van der Waals surface area contributed by atoms with E-state index in [1.807, 2.05) is 20.8 Å². The summed E-state index contributed by atoms with van der Waals surface area (Å²) in [5, 5.41) is 20.7. The molecule has 0 spiro atoms. The van der Waals surface area contributed by atoms with Crippen LogP contribution in [0.2, 0.25) is 0 Å². The molecule has 1 saturated carbocycles. The second-order valence-corrected chi connectivity index (χ2v) is 7.83. The van der Waals surface area contributed by atoms with E-state index in [1.165, 1.54) is 11.3 Å². The maximum absolute atomic E-state index is 12.0. The van der Waals surface area contributed by atoms with Crippen molar-refractivity contribution in [2.45, 2.75) is 76.9 Å². The summed E-state index contributed by atoms with van der Waals surface area (Å²) in [7, 11) is 0. The van der Waals surface area contributed by atoms with Gasteiger partial charge in [0.1, 0.15) is 11.2 Å². The minimum Gasteiger partial charge on any atom is -0.444 e. The van der Waals surface area contributed by atoms with Crippen molar-refractivity contribution in [2.24, 2.45) is 5.41 Å². The zero-order valence-corrected chi connectivity index (χ0v) is 14.0. The third kappa shape index (κ3) is 3.38. The first-order valence-corrected chi connectivity index (χ1v) is 8.33. The summed E-state index contributed by atoms with van der Waals surface area (Å²) in [6.45, 7) is 5.87. The number of ether oxygens (including phenoxy) is 1. The second kappa shape index (κ2) is 6.08. The van der Waals surface area contributed by atoms with Gasteiger partial charge in [-0.25, -0.2) is 4.79 Å². The molecular formula is C17H28N2O3. The zero-order valence-electron chi connectivity index (χ0n) is 14.0. The van der Waals surface area contributed by atoms with Crippen LogP contribution in [0.1, 0.15) is 65.7 Å². The van der Waals surface area contributed by atoms with Gasteiger partial charge in [-0.1, -0.05) is 32.1 Å². The van der Waals surface area contributed by atoms with Crippen LogP contribution in [0, 0.1) is 16.7 Å². The molecule has 0 atom stereocenters. The summed E-state index contributed by atoms with van der Waals surface area (Å²) < 4.78 is 5.33. The Labute approximate surface area is 133 Å². The Morgan fingerprint density at radius 1 is 1.14 bits per heavy atom. The van der Waals surface area contributed by atoms with E-state index in [0.717, 1.165) is 38.5 Å². The quantitative estimate of drug-likeness (QED) is 0.807. The van der Waals surface area contributed by atoms with Crippen molar-refractivity contribution < 1.29 is 14.6 Å². The van der Waals surface area contributed by atoms with Crippen molar-refractivity contribution >= 4 is 6.09 Å². The summed E-state index contributed by atoms with van der Waals surface area (Å²) in [6.07, 6.45) is 6.44. The van der Waals surface area contributed by atoms with Crippen LogP contribution in [0.15, 0.2) is 0 Å². The molecule has 1 aliphatic heterocycles. The minimum absolute atomic E-state index is 0.204. The van der Waals surface area contributed by atoms with Crippen molar-refractivity contribution in [1.82, 2.24) is 4.90 Å². The van der Waals surface area contributed by atoms with Crippen LogP contribution in [0.3, 0.4) is 0 Å². The van der Waals surface area contributed by atoms with Crippen LogP contribution < -0.4 is 0 Å². The molecule has 124 valence electrons. The molecule has 0 aromatic heterocycles. The van der Waals surface area contributed by atoms with Gasteiger partial charge in [0.05, 0.1) is 24.6 Å². The summed E-state index contributed by atoms with van der Waals surface area (Å²) >= 11 is 0. The molecule has 5 nitrogen and oxygen atoms in total. The predicted octanol–water partition coefficient (Wildman–Crippen LogP) is 3.22. The average Bonchev–Trinajstić information content (AvgIpc) is 2.33. The molecule has 1 saturated heterocycles. The molecule has 0 aromatic carbocycles. The topological polar surface area (TPSA) is 73.6 Å². The number of likely N-dealkylation sites (tertiary alicyclic amines) is 1. The number of carbonyl (C=O) groups is 1. The average molecular weight is 308 g/mol. The second-order valence-electron chi connectivity index (χ2n) is 7.83. The number of nitriles is 1. The fourth-order valence-electron chi connectivity index (χ4n) is 3.53. The normalized spacial score (nSPS) is 24.4. The monoisotopic (exact) mass is 308 g/mol. The third-order valence-corrected chi connectivity index (χ3v) is 4.87. The molecule has 0 radical (unpaired) electrons. The molecule has 0 unspecified atom stereocenters. The molecule has 0 aromatic rings. The number of nitrogens with zero attached hydrogens (tertiary/aromatic N) is 2. The van der Waals surface area contributed by atoms with E-state index in [4.69, 9.17) is 4.74 Å². The lowest BCUT2D eigenvalue weighted by atomic mass is 9.62. The van der Waals surface area contributed by atoms with Crippen molar-refractivity contribution in [3.05, 3.63) is 0 Å². The highest BCUT2D eigenvalue weighted by atomic mass is 16.6. The fraction of sp³-hybridized carbons (Fsp3) is 0.882. The lowest BCUT2D eigenvalue weighted by molar-refractivity contribution is -0.161. The standard InChI is InChI=1S/C17H28N2O3/c1-15(2,3)22-14(20)19-12-17(21,13-19)16(11-18)9-7-5-4-6-8-10-16/h21H,4-10,12-13H2,1-3H3. The minimum atomic E-state index is -1.09. The Morgan fingerprint density at radius 3 is 2.09 bits per heavy atom. The number of amides is 1. The van der Waals surface area contributed by atoms with Crippen LogP contribution >= 0.6 is 0 Å². The first-order chi connectivity index (χ1) is 10.2. The smallest absolute Gasteiger partial charge is 0.410 e. The third-order valence-electron chi connectivity index (χ3n) is 4.87. The van der Waals surface area contributed by atoms with Gasteiger partial charge in [0, 0.05) is 0 Å². The molecule has 1 N–H and O–H groups in total. The van der Waals surface area contributed by atoms with Gasteiger partial charge in [0.2, 0.25) is 0 Å². The Bertz CT molecular complexity index is 448. The van der Waals surface area contributed by atoms with E-state index in [9.17, 15) is 15.2 Å². The molecule has 1 heterocycles. The van der Waals surface area contributed by atoms with Crippen molar-refractivity contribution in [1.29, 1.82) is 5.26 Å². The van der Waals surface area contributed by atoms with E-state index in [0.29, 0.717) is 0 Å². The van der Waals surface area contributed by atoms with E-state index >= 15 is 0 Å². The van der Waals surface area contributed by atoms with E-state index in [1.54, 1.807) is 0 Å². The summed E-state index contributed by atoms with van der Waals surface area (Å²) in [5.41, 5.74) is -2.35. The van der Waals surface area contributed by atoms with Crippen LogP contribution in [-0.4, -0.2) is 40.4 Å². The van der Waals surface area contributed by atoms with E-state index in [-0.39, 0.29) is 13.1 Å². The zero-order chi connectivity index (χ0) is 16.4. The van der Waals surface area contributed by atoms with Gasteiger partial charge in [-0.3, -0.25) is 0 Å². The number of carbonyl (C=O) groups excluding carboxylic acids is 1. The SMILES string of the molecule is CC(C)(C)OC(=O)N1CC(O)(C2(C#N)CCCCCCC2)C1. The van der Waals surface area contributed by atoms with Gasteiger partial charge in [-0.05, 0) is 33.6 Å². The molecule has 1 aliphatic carbocycles. The lowest BCUT2D eigenvalue weighted by Gasteiger charge is -2.54. The molecule has 22 heavy (non-hydrogen) atoms. The Kier molecular flexibility index (Phi) is 4.72. The van der Waals surface area contributed by atoms with Crippen molar-refractivity contribution in [2.75, 3.05) is 13.1 Å². The predicted molar refractivity (Wildman–Crippen MR) is 83.1 cm³/mol. The number of hydrogen-bond acceptors (Lipinski definition) is 4. The van der Waals surface area contributed by atoms with Crippen LogP contribution in [0.5, 0.6) is 0 Å². The van der Waals surface area contributed by atoms with E-state index in [2.05, 4.69) is 6.07 Å². The summed E-state index contributed by atoms with van der Waals surface area (Å²) in [6, 6.07) is 2.41. The van der Waals surface area contributed by atoms with Crippen LogP contribution in [-0.2, 0) is 4.74 Å². The molecule has 2 rings (SSSR count). The van der Waals surface area contributed by atoms with Crippen molar-refractivity contribution in [3.8, 4) is 6.07 Å². The fourth-order valence-corrected chi connectivity index (χ4v) is 3.53. The van der Waals surface area contributed by atoms with Crippen molar-refractivity contribution in [3.63, 3.8) is 0 Å². The van der Waals surface area contributed by atoms with Gasteiger partial charge >= 0.3 is 6.09 Å². The Balaban J connectivity index is 2.03. The lowest BCUT2D eigenvalue weighted by Crippen LogP contribution is -2.71. The van der Waals surface area contributed by atoms with Gasteiger partial charge in [-0.15, -0.1) is 0 Å². The summed E-state index contributed by atoms with van der Waals surface area (Å²) in [5.74, 6) is 0. The molecule has 5 heteroatoms.